The van der Waals surface area contributed by atoms with Crippen molar-refractivity contribution in [1.29, 1.82) is 0 Å². The fourth-order valence-electron chi connectivity index (χ4n) is 9.27. The van der Waals surface area contributed by atoms with Gasteiger partial charge in [-0.15, -0.1) is 0 Å². The number of aliphatic imine (C=N–C) groups is 1. The summed E-state index contributed by atoms with van der Waals surface area (Å²) < 4.78 is 0. The summed E-state index contributed by atoms with van der Waals surface area (Å²) in [5.41, 5.74) is 32.7. The second kappa shape index (κ2) is 35.4. The van der Waals surface area contributed by atoms with Crippen LogP contribution in [0.15, 0.2) is 4.99 Å². The van der Waals surface area contributed by atoms with Crippen LogP contribution < -0.4 is 71.6 Å². The van der Waals surface area contributed by atoms with E-state index in [1.807, 2.05) is 0 Å². The lowest BCUT2D eigenvalue weighted by molar-refractivity contribution is -0.149. The molecule has 2 fully saturated rings. The number of rotatable bonds is 38. The van der Waals surface area contributed by atoms with Crippen molar-refractivity contribution < 1.29 is 87.2 Å². The number of primary amides is 3. The number of nitrogens with zero attached hydrogens (tertiary/aromatic N) is 3. The highest BCUT2D eigenvalue weighted by molar-refractivity contribution is 6.00. The Morgan fingerprint density at radius 2 is 0.941 bits per heavy atom. The number of amides is 12. The standard InChI is InChI=1S/C51H84N16O18/c1-5-25(4)40(65-45(79)31(23-38(73)74)63-41(75)26(52)9-6-20-58-51(56)57)47(81)61-29(15-19-37(71)72)42(76)59-28(13-17-35(54)69)44(78)64-39(24(2)3)49(83)66-21-7-10-32(66)46(80)60-27(12-16-34(53)68)43(77)62-30(14-18-36(55)70)48(82)67-22-8-11-33(67)50(84)85/h24-33,39-40H,5-23,52H2,1-4H3,(H2,53,68)(H2,54,69)(H2,55,70)(H,59,76)(H,60,80)(H,61,81)(H,62,77)(H,63,75)(H,64,78)(H,65,79)(H,71,72)(H,73,74)(H,84,85)(H4,56,57,58)/t25-,26-,27-,28-,29-,30-,31-,32-,33-,39-,40-/m0/s1. The molecule has 0 unspecified atom stereocenters. The molecule has 0 bridgehead atoms. The molecule has 2 heterocycles. The van der Waals surface area contributed by atoms with Crippen LogP contribution in [0.4, 0.5) is 0 Å². The summed E-state index contributed by atoms with van der Waals surface area (Å²) in [5, 5.41) is 45.8. The number of aliphatic carboxylic acids is 3. The summed E-state index contributed by atoms with van der Waals surface area (Å²) >= 11 is 0. The third kappa shape index (κ3) is 24.6. The van der Waals surface area contributed by atoms with Crippen LogP contribution >= 0.6 is 0 Å². The Balaban J connectivity index is 2.42. The molecule has 0 radical (unpaired) electrons. The van der Waals surface area contributed by atoms with Crippen LogP contribution in [0.5, 0.6) is 0 Å². The molecule has 2 aliphatic rings. The smallest absolute Gasteiger partial charge is 0.326 e. The second-order valence-corrected chi connectivity index (χ2v) is 21.2. The van der Waals surface area contributed by atoms with Gasteiger partial charge in [-0.1, -0.05) is 34.1 Å². The number of hydrogen-bond acceptors (Lipinski definition) is 17. The first-order valence-electron chi connectivity index (χ1n) is 27.9. The van der Waals surface area contributed by atoms with Crippen LogP contribution in [0.25, 0.3) is 0 Å². The third-order valence-corrected chi connectivity index (χ3v) is 14.2. The van der Waals surface area contributed by atoms with Crippen molar-refractivity contribution in [3.05, 3.63) is 0 Å². The van der Waals surface area contributed by atoms with E-state index in [1.54, 1.807) is 6.92 Å². The fourth-order valence-corrected chi connectivity index (χ4v) is 9.27. The highest BCUT2D eigenvalue weighted by atomic mass is 16.4. The van der Waals surface area contributed by atoms with E-state index in [1.165, 1.54) is 20.8 Å². The molecular formula is C51H84N16O18. The summed E-state index contributed by atoms with van der Waals surface area (Å²) in [6.07, 6.45) is -3.86. The normalized spacial score (nSPS) is 17.8. The van der Waals surface area contributed by atoms with Gasteiger partial charge in [0.2, 0.25) is 70.9 Å². The molecule has 0 aromatic rings. The molecule has 476 valence electrons. The lowest BCUT2D eigenvalue weighted by Gasteiger charge is -2.32. The van der Waals surface area contributed by atoms with Gasteiger partial charge >= 0.3 is 17.9 Å². The number of carbonyl (C=O) groups excluding carboxylic acids is 12. The highest BCUT2D eigenvalue weighted by Crippen LogP contribution is 2.23. The Hall–Kier alpha value is -8.72. The van der Waals surface area contributed by atoms with Gasteiger partial charge in [0.15, 0.2) is 5.96 Å². The average Bonchev–Trinajstić information content (AvgIpc) is 3.82. The molecule has 2 aliphatic heterocycles. The summed E-state index contributed by atoms with van der Waals surface area (Å²) in [6.45, 7) is 6.28. The van der Waals surface area contributed by atoms with Crippen LogP contribution in [-0.2, 0) is 71.9 Å². The van der Waals surface area contributed by atoms with Crippen molar-refractivity contribution in [2.75, 3.05) is 19.6 Å². The minimum absolute atomic E-state index is 0.0197. The first kappa shape index (κ1) is 72.4. The summed E-state index contributed by atoms with van der Waals surface area (Å²) in [4.78, 5) is 203. The fraction of sp³-hybridized carbons (Fsp3) is 0.686. The number of guanidine groups is 1. The molecule has 2 rings (SSSR count). The van der Waals surface area contributed by atoms with E-state index in [-0.39, 0.29) is 70.5 Å². The Morgan fingerprint density at radius 3 is 1.42 bits per heavy atom. The SMILES string of the molecule is CC[C@H](C)[C@H](NC(=O)[C@H](CC(=O)O)NC(=O)[C@@H](N)CCCN=C(N)N)C(=O)N[C@@H](CCC(=O)O)C(=O)N[C@@H](CCC(N)=O)C(=O)N[C@H](C(=O)N1CCC[C@H]1C(=O)N[C@@H](CCC(N)=O)C(=O)N[C@@H](CCC(N)=O)C(=O)N1CCC[C@H]1C(=O)O)C(C)C. The van der Waals surface area contributed by atoms with Gasteiger partial charge in [-0.3, -0.25) is 72.1 Å². The van der Waals surface area contributed by atoms with E-state index in [9.17, 15) is 87.2 Å². The van der Waals surface area contributed by atoms with Gasteiger partial charge in [0, 0.05) is 45.3 Å². The summed E-state index contributed by atoms with van der Waals surface area (Å²) in [6, 6.07) is -15.2. The van der Waals surface area contributed by atoms with Gasteiger partial charge in [0.05, 0.1) is 12.5 Å². The Bertz CT molecular complexity index is 2490. The van der Waals surface area contributed by atoms with E-state index in [0.717, 1.165) is 9.80 Å². The second-order valence-electron chi connectivity index (χ2n) is 21.2. The predicted octanol–water partition coefficient (Wildman–Crippen LogP) is -6.33. The molecule has 0 aliphatic carbocycles. The molecule has 0 spiro atoms. The number of carbonyl (C=O) groups is 15. The van der Waals surface area contributed by atoms with E-state index < -0.39 is 212 Å². The first-order chi connectivity index (χ1) is 39.8. The third-order valence-electron chi connectivity index (χ3n) is 14.2. The minimum Gasteiger partial charge on any atom is -0.481 e. The van der Waals surface area contributed by atoms with E-state index in [4.69, 9.17) is 34.4 Å². The number of nitrogens with one attached hydrogen (secondary N) is 7. The van der Waals surface area contributed by atoms with E-state index in [2.05, 4.69) is 42.2 Å². The average molecular weight is 1210 g/mol. The molecule has 0 aromatic heterocycles. The molecule has 22 N–H and O–H groups in total. The molecule has 34 nitrogen and oxygen atoms in total. The maximum atomic E-state index is 14.5. The molecule has 34 heteroatoms. The van der Waals surface area contributed by atoms with Crippen LogP contribution in [0.3, 0.4) is 0 Å². The van der Waals surface area contributed by atoms with Crippen molar-refractivity contribution in [2.24, 2.45) is 51.2 Å². The van der Waals surface area contributed by atoms with Gasteiger partial charge in [-0.05, 0) is 76.0 Å². The van der Waals surface area contributed by atoms with Crippen molar-refractivity contribution in [3.63, 3.8) is 0 Å². The Morgan fingerprint density at radius 1 is 0.506 bits per heavy atom. The zero-order chi connectivity index (χ0) is 64.4. The number of nitrogens with two attached hydrogens (primary N) is 6. The molecule has 0 aromatic carbocycles. The van der Waals surface area contributed by atoms with Gasteiger partial charge in [-0.2, -0.15) is 0 Å². The molecule has 11 atom stereocenters. The monoisotopic (exact) mass is 1210 g/mol. The maximum absolute atomic E-state index is 14.5. The number of carboxylic acid groups (broad SMARTS) is 3. The summed E-state index contributed by atoms with van der Waals surface area (Å²) in [5.74, 6) is -17.6. The molecule has 0 saturated carbocycles. The molecule has 2 saturated heterocycles. The van der Waals surface area contributed by atoms with Crippen LogP contribution in [-0.4, -0.2) is 200 Å². The number of carboxylic acids is 3. The number of likely N-dealkylation sites (tertiary alicyclic amines) is 2. The van der Waals surface area contributed by atoms with Gasteiger partial charge < -0.3 is 96.7 Å². The largest absolute Gasteiger partial charge is 0.481 e. The topological polar surface area (TPSA) is 576 Å². The van der Waals surface area contributed by atoms with Crippen LogP contribution in [0.2, 0.25) is 0 Å². The summed E-state index contributed by atoms with van der Waals surface area (Å²) in [7, 11) is 0. The van der Waals surface area contributed by atoms with Crippen molar-refractivity contribution in [1.82, 2.24) is 47.0 Å². The quantitative estimate of drug-likeness (QED) is 0.0155. The Labute approximate surface area is 489 Å². The van der Waals surface area contributed by atoms with Gasteiger partial charge in [0.25, 0.3) is 0 Å². The first-order valence-corrected chi connectivity index (χ1v) is 27.9. The van der Waals surface area contributed by atoms with E-state index >= 15 is 0 Å². The van der Waals surface area contributed by atoms with Crippen molar-refractivity contribution in [2.45, 2.75) is 191 Å². The number of hydrogen-bond donors (Lipinski definition) is 16. The van der Waals surface area contributed by atoms with Crippen LogP contribution in [0.1, 0.15) is 130 Å². The van der Waals surface area contributed by atoms with Crippen molar-refractivity contribution >= 4 is 94.8 Å². The van der Waals surface area contributed by atoms with Crippen molar-refractivity contribution in [3.8, 4) is 0 Å². The molecule has 12 amide bonds. The van der Waals surface area contributed by atoms with Crippen LogP contribution in [0, 0.1) is 11.8 Å². The Kier molecular flexibility index (Phi) is 30.2. The van der Waals surface area contributed by atoms with Gasteiger partial charge in [0.1, 0.15) is 54.4 Å². The van der Waals surface area contributed by atoms with E-state index in [0.29, 0.717) is 6.42 Å². The van der Waals surface area contributed by atoms with Gasteiger partial charge in [-0.25, -0.2) is 4.79 Å². The lowest BCUT2D eigenvalue weighted by Crippen LogP contribution is -2.61. The minimum atomic E-state index is -1.78. The predicted molar refractivity (Wildman–Crippen MR) is 297 cm³/mol. The maximum Gasteiger partial charge on any atom is 0.326 e. The lowest BCUT2D eigenvalue weighted by atomic mass is 9.96. The molecule has 85 heavy (non-hydrogen) atoms. The highest BCUT2D eigenvalue weighted by Gasteiger charge is 2.43. The zero-order valence-electron chi connectivity index (χ0n) is 48.1. The zero-order valence-corrected chi connectivity index (χ0v) is 48.1. The molecular weight excluding hydrogens is 1120 g/mol.